The molecule has 0 bridgehead atoms. The lowest BCUT2D eigenvalue weighted by atomic mass is 9.86. The van der Waals surface area contributed by atoms with Crippen molar-refractivity contribution < 1.29 is 0 Å². The van der Waals surface area contributed by atoms with E-state index >= 15 is 0 Å². The van der Waals surface area contributed by atoms with Crippen LogP contribution in [0, 0.1) is 12.8 Å². The minimum absolute atomic E-state index is 0.426. The van der Waals surface area contributed by atoms with E-state index < -0.39 is 0 Å². The van der Waals surface area contributed by atoms with Crippen LogP contribution in [0.25, 0.3) is 10.9 Å². The number of benzene rings is 1. The van der Waals surface area contributed by atoms with Crippen molar-refractivity contribution >= 4 is 16.6 Å². The summed E-state index contributed by atoms with van der Waals surface area (Å²) in [6.07, 6.45) is 4.83. The minimum Gasteiger partial charge on any atom is -0.384 e. The second-order valence-electron chi connectivity index (χ2n) is 5.99. The topological polar surface area (TPSA) is 50.9 Å². The van der Waals surface area contributed by atoms with E-state index in [1.807, 2.05) is 6.07 Å². The Bertz CT molecular complexity index is 586. The van der Waals surface area contributed by atoms with E-state index in [0.717, 1.165) is 23.7 Å². The molecular formula is C17H23N3. The van der Waals surface area contributed by atoms with Gasteiger partial charge in [0.15, 0.2) is 0 Å². The summed E-state index contributed by atoms with van der Waals surface area (Å²) in [7, 11) is 0. The summed E-state index contributed by atoms with van der Waals surface area (Å²) < 4.78 is 0. The normalized spacial score (nSPS) is 22.9. The van der Waals surface area contributed by atoms with Crippen LogP contribution in [0.1, 0.15) is 31.4 Å². The van der Waals surface area contributed by atoms with Crippen molar-refractivity contribution in [2.24, 2.45) is 11.7 Å². The highest BCUT2D eigenvalue weighted by Gasteiger charge is 2.18. The molecule has 0 radical (unpaired) electrons. The van der Waals surface area contributed by atoms with E-state index in [0.29, 0.717) is 6.04 Å². The molecule has 1 aromatic heterocycles. The molecule has 0 saturated heterocycles. The fraction of sp³-hybridized carbons (Fsp3) is 0.471. The Balaban J connectivity index is 1.74. The molecule has 3 rings (SSSR count). The number of aromatic nitrogens is 1. The maximum atomic E-state index is 5.97. The lowest BCUT2D eigenvalue weighted by Gasteiger charge is -2.26. The van der Waals surface area contributed by atoms with E-state index in [1.165, 1.54) is 36.8 Å². The summed E-state index contributed by atoms with van der Waals surface area (Å²) in [6, 6.07) is 10.9. The lowest BCUT2D eigenvalue weighted by Crippen LogP contribution is -2.29. The maximum absolute atomic E-state index is 5.97. The molecule has 1 aliphatic rings. The van der Waals surface area contributed by atoms with Crippen LogP contribution in [0.5, 0.6) is 0 Å². The molecule has 1 saturated carbocycles. The van der Waals surface area contributed by atoms with Crippen molar-refractivity contribution in [2.75, 3.05) is 11.9 Å². The molecule has 1 heterocycles. The van der Waals surface area contributed by atoms with E-state index in [4.69, 9.17) is 5.73 Å². The Morgan fingerprint density at radius 1 is 1.20 bits per heavy atom. The van der Waals surface area contributed by atoms with Gasteiger partial charge in [0.25, 0.3) is 0 Å². The number of nitrogens with two attached hydrogens (primary N) is 1. The number of para-hydroxylation sites is 1. The van der Waals surface area contributed by atoms with E-state index in [2.05, 4.69) is 41.5 Å². The summed E-state index contributed by atoms with van der Waals surface area (Å²) in [5.74, 6) is 0.752. The van der Waals surface area contributed by atoms with Gasteiger partial charge in [-0.05, 0) is 50.7 Å². The van der Waals surface area contributed by atoms with Gasteiger partial charge < -0.3 is 11.1 Å². The number of hydrogen-bond acceptors (Lipinski definition) is 3. The van der Waals surface area contributed by atoms with Crippen LogP contribution < -0.4 is 11.1 Å². The average Bonchev–Trinajstić information content (AvgIpc) is 2.46. The van der Waals surface area contributed by atoms with Crippen molar-refractivity contribution in [3.63, 3.8) is 0 Å². The second-order valence-corrected chi connectivity index (χ2v) is 5.99. The highest BCUT2D eigenvalue weighted by molar-refractivity contribution is 5.91. The molecule has 0 amide bonds. The highest BCUT2D eigenvalue weighted by atomic mass is 14.9. The maximum Gasteiger partial charge on any atom is 0.0725 e. The molecule has 0 atom stereocenters. The lowest BCUT2D eigenvalue weighted by molar-refractivity contribution is 0.339. The minimum atomic E-state index is 0.426. The van der Waals surface area contributed by atoms with Crippen molar-refractivity contribution in [1.29, 1.82) is 0 Å². The number of anilines is 1. The Hall–Kier alpha value is -1.61. The first-order valence-corrected chi connectivity index (χ1v) is 7.58. The van der Waals surface area contributed by atoms with Crippen LogP contribution in [-0.2, 0) is 0 Å². The standard InChI is InChI=1S/C17H23N3/c1-12-10-17(15-4-2-3-5-16(15)20-12)19-11-13-6-8-14(18)9-7-13/h2-5,10,13-14H,6-9,11,18H2,1H3,(H,19,20)/t13-,14-. The van der Waals surface area contributed by atoms with Crippen molar-refractivity contribution in [2.45, 2.75) is 38.6 Å². The molecule has 106 valence electrons. The molecule has 0 spiro atoms. The van der Waals surface area contributed by atoms with Gasteiger partial charge in [-0.2, -0.15) is 0 Å². The zero-order valence-electron chi connectivity index (χ0n) is 12.1. The zero-order valence-corrected chi connectivity index (χ0v) is 12.1. The van der Waals surface area contributed by atoms with E-state index in [1.54, 1.807) is 0 Å². The first kappa shape index (κ1) is 13.4. The number of aryl methyl sites for hydroxylation is 1. The van der Waals surface area contributed by atoms with E-state index in [9.17, 15) is 0 Å². The number of hydrogen-bond donors (Lipinski definition) is 2. The number of nitrogens with zero attached hydrogens (tertiary/aromatic N) is 1. The molecule has 20 heavy (non-hydrogen) atoms. The van der Waals surface area contributed by atoms with Gasteiger partial charge in [0.05, 0.1) is 5.52 Å². The number of fused-ring (bicyclic) bond motifs is 1. The fourth-order valence-corrected chi connectivity index (χ4v) is 3.10. The number of rotatable bonds is 3. The third kappa shape index (κ3) is 2.93. The van der Waals surface area contributed by atoms with Gasteiger partial charge >= 0.3 is 0 Å². The molecule has 0 unspecified atom stereocenters. The van der Waals surface area contributed by atoms with Crippen LogP contribution in [0.15, 0.2) is 30.3 Å². The molecule has 1 fully saturated rings. The Morgan fingerprint density at radius 3 is 2.75 bits per heavy atom. The number of nitrogens with one attached hydrogen (secondary N) is 1. The summed E-state index contributed by atoms with van der Waals surface area (Å²) in [5, 5.41) is 4.85. The van der Waals surface area contributed by atoms with Crippen LogP contribution in [-0.4, -0.2) is 17.6 Å². The van der Waals surface area contributed by atoms with Crippen molar-refractivity contribution in [3.8, 4) is 0 Å². The van der Waals surface area contributed by atoms with Gasteiger partial charge in [-0.1, -0.05) is 18.2 Å². The quantitative estimate of drug-likeness (QED) is 0.897. The van der Waals surface area contributed by atoms with Gasteiger partial charge in [0.2, 0.25) is 0 Å². The van der Waals surface area contributed by atoms with Gasteiger partial charge in [-0.25, -0.2) is 0 Å². The fourth-order valence-electron chi connectivity index (χ4n) is 3.10. The third-order valence-electron chi connectivity index (χ3n) is 4.32. The highest BCUT2D eigenvalue weighted by Crippen LogP contribution is 2.26. The summed E-state index contributed by atoms with van der Waals surface area (Å²) >= 11 is 0. The molecule has 0 aliphatic heterocycles. The molecule has 2 aromatic rings. The summed E-state index contributed by atoms with van der Waals surface area (Å²) in [4.78, 5) is 4.58. The first-order chi connectivity index (χ1) is 9.72. The molecule has 3 nitrogen and oxygen atoms in total. The van der Waals surface area contributed by atoms with Gasteiger partial charge in [-0.3, -0.25) is 4.98 Å². The van der Waals surface area contributed by atoms with Gasteiger partial charge in [-0.15, -0.1) is 0 Å². The predicted molar refractivity (Wildman–Crippen MR) is 84.9 cm³/mol. The van der Waals surface area contributed by atoms with Crippen LogP contribution >= 0.6 is 0 Å². The summed E-state index contributed by atoms with van der Waals surface area (Å²) in [6.45, 7) is 3.09. The molecule has 3 heteroatoms. The van der Waals surface area contributed by atoms with Gasteiger partial charge in [0, 0.05) is 29.4 Å². The van der Waals surface area contributed by atoms with Crippen LogP contribution in [0.3, 0.4) is 0 Å². The van der Waals surface area contributed by atoms with Crippen LogP contribution in [0.2, 0.25) is 0 Å². The first-order valence-electron chi connectivity index (χ1n) is 7.58. The largest absolute Gasteiger partial charge is 0.384 e. The molecule has 3 N–H and O–H groups in total. The summed E-state index contributed by atoms with van der Waals surface area (Å²) in [5.41, 5.74) is 9.32. The zero-order chi connectivity index (χ0) is 13.9. The van der Waals surface area contributed by atoms with Gasteiger partial charge in [0.1, 0.15) is 0 Å². The predicted octanol–water partition coefficient (Wildman–Crippen LogP) is 3.47. The molecule has 1 aliphatic carbocycles. The Labute approximate surface area is 120 Å². The Kier molecular flexibility index (Phi) is 3.88. The second kappa shape index (κ2) is 5.80. The monoisotopic (exact) mass is 269 g/mol. The van der Waals surface area contributed by atoms with Crippen LogP contribution in [0.4, 0.5) is 5.69 Å². The van der Waals surface area contributed by atoms with Crippen molar-refractivity contribution in [1.82, 2.24) is 4.98 Å². The van der Waals surface area contributed by atoms with Crippen molar-refractivity contribution in [3.05, 3.63) is 36.0 Å². The SMILES string of the molecule is Cc1cc(NC[C@H]2CC[C@H](N)CC2)c2ccccc2n1. The average molecular weight is 269 g/mol. The third-order valence-corrected chi connectivity index (χ3v) is 4.32. The Morgan fingerprint density at radius 2 is 1.95 bits per heavy atom. The molecular weight excluding hydrogens is 246 g/mol. The number of pyridine rings is 1. The van der Waals surface area contributed by atoms with E-state index in [-0.39, 0.29) is 0 Å². The smallest absolute Gasteiger partial charge is 0.0725 e. The molecule has 1 aromatic carbocycles.